The molecule has 0 aromatic heterocycles. The Morgan fingerprint density at radius 1 is 1.00 bits per heavy atom. The minimum absolute atomic E-state index is 0.0737. The number of carbonyl (C=O) groups excluding carboxylic acids is 3. The molecule has 0 saturated heterocycles. The zero-order chi connectivity index (χ0) is 22.5. The number of rotatable bonds is 5. The standard InChI is InChI=1S/C21H23F2N3O4/c1-21(2,3)30-20(29)25-14-7-5-6-13(10-14)18(27)26-17(19(28)24-4)12-8-9-15(22)16(23)11-12/h5-11,17H,1-4H3,(H,24,28)(H,25,29)(H,26,27). The maximum absolute atomic E-state index is 13.6. The van der Waals surface area contributed by atoms with E-state index in [0.29, 0.717) is 5.69 Å². The number of amides is 3. The predicted octanol–water partition coefficient (Wildman–Crippen LogP) is 3.53. The van der Waals surface area contributed by atoms with E-state index in [9.17, 15) is 23.2 Å². The molecule has 7 nitrogen and oxygen atoms in total. The Morgan fingerprint density at radius 2 is 1.70 bits per heavy atom. The van der Waals surface area contributed by atoms with Crippen LogP contribution in [-0.2, 0) is 9.53 Å². The molecule has 9 heteroatoms. The Labute approximate surface area is 172 Å². The highest BCUT2D eigenvalue weighted by molar-refractivity contribution is 5.99. The van der Waals surface area contributed by atoms with Gasteiger partial charge in [-0.1, -0.05) is 12.1 Å². The van der Waals surface area contributed by atoms with Crippen molar-refractivity contribution in [2.75, 3.05) is 12.4 Å². The molecule has 0 aliphatic rings. The van der Waals surface area contributed by atoms with E-state index in [2.05, 4.69) is 16.0 Å². The first-order valence-corrected chi connectivity index (χ1v) is 9.07. The highest BCUT2D eigenvalue weighted by Gasteiger charge is 2.24. The van der Waals surface area contributed by atoms with Crippen molar-refractivity contribution in [2.24, 2.45) is 0 Å². The third-order valence-electron chi connectivity index (χ3n) is 3.83. The third kappa shape index (κ3) is 6.26. The second-order valence-electron chi connectivity index (χ2n) is 7.40. The number of carbonyl (C=O) groups is 3. The summed E-state index contributed by atoms with van der Waals surface area (Å²) in [5, 5.41) is 7.37. The Hall–Kier alpha value is -3.49. The first kappa shape index (κ1) is 22.8. The molecular weight excluding hydrogens is 396 g/mol. The van der Waals surface area contributed by atoms with Gasteiger partial charge in [-0.25, -0.2) is 13.6 Å². The zero-order valence-corrected chi connectivity index (χ0v) is 17.0. The second-order valence-corrected chi connectivity index (χ2v) is 7.40. The van der Waals surface area contributed by atoms with Crippen LogP contribution in [0.15, 0.2) is 42.5 Å². The molecule has 2 rings (SSSR count). The van der Waals surface area contributed by atoms with Gasteiger partial charge in [-0.3, -0.25) is 14.9 Å². The van der Waals surface area contributed by atoms with Crippen molar-refractivity contribution in [3.63, 3.8) is 0 Å². The summed E-state index contributed by atoms with van der Waals surface area (Å²) in [5.74, 6) is -3.47. The molecule has 0 aliphatic heterocycles. The summed E-state index contributed by atoms with van der Waals surface area (Å²) in [5.41, 5.74) is -0.171. The van der Waals surface area contributed by atoms with Crippen molar-refractivity contribution in [3.8, 4) is 0 Å². The molecule has 30 heavy (non-hydrogen) atoms. The van der Waals surface area contributed by atoms with E-state index in [4.69, 9.17) is 4.74 Å². The lowest BCUT2D eigenvalue weighted by molar-refractivity contribution is -0.122. The predicted molar refractivity (Wildman–Crippen MR) is 107 cm³/mol. The molecule has 0 heterocycles. The van der Waals surface area contributed by atoms with E-state index in [-0.39, 0.29) is 11.1 Å². The highest BCUT2D eigenvalue weighted by atomic mass is 19.2. The van der Waals surface area contributed by atoms with Crippen molar-refractivity contribution in [2.45, 2.75) is 32.4 Å². The number of ether oxygens (including phenoxy) is 1. The quantitative estimate of drug-likeness (QED) is 0.691. The van der Waals surface area contributed by atoms with Gasteiger partial charge in [-0.2, -0.15) is 0 Å². The first-order valence-electron chi connectivity index (χ1n) is 9.07. The van der Waals surface area contributed by atoms with Crippen molar-refractivity contribution in [1.29, 1.82) is 0 Å². The van der Waals surface area contributed by atoms with Crippen LogP contribution in [0.2, 0.25) is 0 Å². The fourth-order valence-corrected chi connectivity index (χ4v) is 2.51. The normalized spacial score (nSPS) is 11.9. The molecule has 2 aromatic rings. The van der Waals surface area contributed by atoms with Gasteiger partial charge in [0.05, 0.1) is 0 Å². The number of benzene rings is 2. The van der Waals surface area contributed by atoms with E-state index < -0.39 is 41.2 Å². The van der Waals surface area contributed by atoms with Gasteiger partial charge in [-0.05, 0) is 56.7 Å². The molecule has 0 bridgehead atoms. The van der Waals surface area contributed by atoms with Gasteiger partial charge < -0.3 is 15.4 Å². The minimum Gasteiger partial charge on any atom is -0.444 e. The van der Waals surface area contributed by atoms with Crippen LogP contribution in [0.25, 0.3) is 0 Å². The molecular formula is C21H23F2N3O4. The van der Waals surface area contributed by atoms with E-state index in [0.717, 1.165) is 12.1 Å². The highest BCUT2D eigenvalue weighted by Crippen LogP contribution is 2.19. The number of halogens is 2. The molecule has 0 saturated carbocycles. The van der Waals surface area contributed by atoms with Crippen LogP contribution in [-0.4, -0.2) is 30.6 Å². The molecule has 0 spiro atoms. The molecule has 1 atom stereocenters. The van der Waals surface area contributed by atoms with E-state index in [1.165, 1.54) is 31.3 Å². The van der Waals surface area contributed by atoms with E-state index in [1.54, 1.807) is 26.8 Å². The van der Waals surface area contributed by atoms with Crippen LogP contribution in [0.3, 0.4) is 0 Å². The zero-order valence-electron chi connectivity index (χ0n) is 17.0. The van der Waals surface area contributed by atoms with Gasteiger partial charge in [0.15, 0.2) is 11.6 Å². The van der Waals surface area contributed by atoms with Crippen LogP contribution in [0.4, 0.5) is 19.3 Å². The second kappa shape index (κ2) is 9.34. The topological polar surface area (TPSA) is 96.5 Å². The number of hydrogen-bond donors (Lipinski definition) is 3. The summed E-state index contributed by atoms with van der Waals surface area (Å²) in [6, 6.07) is 7.64. The summed E-state index contributed by atoms with van der Waals surface area (Å²) in [7, 11) is 1.35. The Balaban J connectivity index is 2.20. The smallest absolute Gasteiger partial charge is 0.412 e. The molecule has 1 unspecified atom stereocenters. The van der Waals surface area contributed by atoms with Gasteiger partial charge >= 0.3 is 6.09 Å². The SMILES string of the molecule is CNC(=O)C(NC(=O)c1cccc(NC(=O)OC(C)(C)C)c1)c1ccc(F)c(F)c1. The van der Waals surface area contributed by atoms with Crippen molar-refractivity contribution >= 4 is 23.6 Å². The van der Waals surface area contributed by atoms with Gasteiger partial charge in [0.2, 0.25) is 5.91 Å². The van der Waals surface area contributed by atoms with E-state index >= 15 is 0 Å². The molecule has 2 aromatic carbocycles. The van der Waals surface area contributed by atoms with Crippen LogP contribution >= 0.6 is 0 Å². The number of hydrogen-bond acceptors (Lipinski definition) is 4. The maximum Gasteiger partial charge on any atom is 0.412 e. The molecule has 160 valence electrons. The lowest BCUT2D eigenvalue weighted by atomic mass is 10.0. The summed E-state index contributed by atoms with van der Waals surface area (Å²) in [6.07, 6.45) is -0.690. The lowest BCUT2D eigenvalue weighted by Crippen LogP contribution is -2.39. The van der Waals surface area contributed by atoms with Crippen LogP contribution in [0.1, 0.15) is 42.7 Å². The number of nitrogens with one attached hydrogen (secondary N) is 3. The molecule has 0 fully saturated rings. The van der Waals surface area contributed by atoms with Gasteiger partial charge in [-0.15, -0.1) is 0 Å². The summed E-state index contributed by atoms with van der Waals surface area (Å²) < 4.78 is 32.0. The fraction of sp³-hybridized carbons (Fsp3) is 0.286. The fourth-order valence-electron chi connectivity index (χ4n) is 2.51. The summed E-state index contributed by atoms with van der Waals surface area (Å²) in [6.45, 7) is 5.15. The average molecular weight is 419 g/mol. The molecule has 3 N–H and O–H groups in total. The van der Waals surface area contributed by atoms with Gasteiger partial charge in [0.1, 0.15) is 11.6 Å². The Morgan fingerprint density at radius 3 is 2.30 bits per heavy atom. The summed E-state index contributed by atoms with van der Waals surface area (Å²) >= 11 is 0. The van der Waals surface area contributed by atoms with E-state index in [1.807, 2.05) is 0 Å². The molecule has 3 amide bonds. The van der Waals surface area contributed by atoms with Crippen LogP contribution in [0.5, 0.6) is 0 Å². The largest absolute Gasteiger partial charge is 0.444 e. The van der Waals surface area contributed by atoms with Gasteiger partial charge in [0.25, 0.3) is 5.91 Å². The average Bonchev–Trinajstić information content (AvgIpc) is 2.66. The monoisotopic (exact) mass is 419 g/mol. The van der Waals surface area contributed by atoms with Crippen molar-refractivity contribution in [1.82, 2.24) is 10.6 Å². The minimum atomic E-state index is -1.25. The summed E-state index contributed by atoms with van der Waals surface area (Å²) in [4.78, 5) is 36.8. The Kier molecular flexibility index (Phi) is 7.10. The third-order valence-corrected chi connectivity index (χ3v) is 3.83. The first-order chi connectivity index (χ1) is 14.0. The number of anilines is 1. The van der Waals surface area contributed by atoms with Crippen LogP contribution in [0, 0.1) is 11.6 Å². The van der Waals surface area contributed by atoms with Crippen molar-refractivity contribution < 1.29 is 27.9 Å². The number of likely N-dealkylation sites (N-methyl/N-ethyl adjacent to an activating group) is 1. The molecule has 0 aliphatic carbocycles. The van der Waals surface area contributed by atoms with Crippen LogP contribution < -0.4 is 16.0 Å². The van der Waals surface area contributed by atoms with Crippen molar-refractivity contribution in [3.05, 3.63) is 65.2 Å². The van der Waals surface area contributed by atoms with Gasteiger partial charge in [0, 0.05) is 18.3 Å². The lowest BCUT2D eigenvalue weighted by Gasteiger charge is -2.20. The maximum atomic E-state index is 13.6. The Bertz CT molecular complexity index is 958. The molecule has 0 radical (unpaired) electrons.